The van der Waals surface area contributed by atoms with E-state index in [1.165, 1.54) is 21.2 Å². The fraction of sp³-hybridized carbons (Fsp3) is 0.174. The van der Waals surface area contributed by atoms with Gasteiger partial charge in [-0.15, -0.1) is 0 Å². The number of rotatable bonds is 4. The Bertz CT molecular complexity index is 933. The Morgan fingerprint density at radius 1 is 0.889 bits per heavy atom. The Labute approximate surface area is 164 Å². The van der Waals surface area contributed by atoms with E-state index in [0.29, 0.717) is 13.0 Å². The molecule has 1 amide bonds. The van der Waals surface area contributed by atoms with E-state index in [0.717, 1.165) is 16.8 Å². The fourth-order valence-corrected chi connectivity index (χ4v) is 4.60. The van der Waals surface area contributed by atoms with Crippen LogP contribution in [0.4, 0.5) is 17.1 Å². The van der Waals surface area contributed by atoms with E-state index in [1.807, 2.05) is 26.0 Å². The van der Waals surface area contributed by atoms with Gasteiger partial charge in [0.05, 0.1) is 11.4 Å². The molecule has 1 aliphatic heterocycles. The van der Waals surface area contributed by atoms with E-state index in [1.54, 1.807) is 11.8 Å². The highest BCUT2D eigenvalue weighted by Gasteiger charge is 2.23. The largest absolute Gasteiger partial charge is 0.339 e. The molecule has 27 heavy (non-hydrogen) atoms. The van der Waals surface area contributed by atoms with Crippen molar-refractivity contribution in [3.8, 4) is 0 Å². The van der Waals surface area contributed by atoms with Crippen LogP contribution in [0.15, 0.2) is 76.5 Å². The number of fused-ring (bicyclic) bond motifs is 2. The summed E-state index contributed by atoms with van der Waals surface area (Å²) < 4.78 is 0. The third-order valence-electron chi connectivity index (χ3n) is 4.60. The average Bonchev–Trinajstić information content (AvgIpc) is 2.64. The Hall–Kier alpha value is -2.72. The van der Waals surface area contributed by atoms with Crippen molar-refractivity contribution in [1.82, 2.24) is 0 Å². The molecule has 3 aromatic rings. The Morgan fingerprint density at radius 2 is 1.44 bits per heavy atom. The summed E-state index contributed by atoms with van der Waals surface area (Å²) in [7, 11) is 0. The number of benzene rings is 3. The maximum Gasteiger partial charge on any atom is 0.226 e. The molecule has 4 rings (SSSR count). The standard InChI is InChI=1S/C23H22N2OS/c1-16-13-17(2)15-18(14-16)24-23(26)11-12-25-19-7-3-5-9-21(19)27-22-10-6-4-8-20(22)25/h3-10,13-15H,11-12H2,1-2H3,(H,24,26). The molecule has 0 spiro atoms. The Balaban J connectivity index is 1.52. The van der Waals surface area contributed by atoms with Crippen molar-refractivity contribution in [3.05, 3.63) is 77.9 Å². The first kappa shape index (κ1) is 17.7. The molecule has 4 heteroatoms. The van der Waals surface area contributed by atoms with Crippen molar-refractivity contribution < 1.29 is 4.79 Å². The van der Waals surface area contributed by atoms with Crippen LogP contribution in [0.1, 0.15) is 17.5 Å². The number of para-hydroxylation sites is 2. The van der Waals surface area contributed by atoms with Crippen LogP contribution in [0.3, 0.4) is 0 Å². The average molecular weight is 375 g/mol. The number of hydrogen-bond acceptors (Lipinski definition) is 3. The van der Waals surface area contributed by atoms with Crippen LogP contribution in [0.2, 0.25) is 0 Å². The SMILES string of the molecule is Cc1cc(C)cc(NC(=O)CCN2c3ccccc3Sc3ccccc32)c1. The molecule has 3 aromatic carbocycles. The quantitative estimate of drug-likeness (QED) is 0.614. The highest BCUT2D eigenvalue weighted by atomic mass is 32.2. The number of nitrogens with zero attached hydrogens (tertiary/aromatic N) is 1. The third kappa shape index (κ3) is 3.86. The minimum atomic E-state index is 0.0354. The van der Waals surface area contributed by atoms with E-state index >= 15 is 0 Å². The molecule has 0 radical (unpaired) electrons. The molecular formula is C23H22N2OS. The third-order valence-corrected chi connectivity index (χ3v) is 5.73. The fourth-order valence-electron chi connectivity index (χ4n) is 3.51. The van der Waals surface area contributed by atoms with Gasteiger partial charge in [-0.05, 0) is 61.4 Å². The second kappa shape index (κ2) is 7.49. The van der Waals surface area contributed by atoms with Crippen molar-refractivity contribution in [1.29, 1.82) is 0 Å². The minimum absolute atomic E-state index is 0.0354. The van der Waals surface area contributed by atoms with Crippen LogP contribution >= 0.6 is 11.8 Å². The summed E-state index contributed by atoms with van der Waals surface area (Å²) in [6.45, 7) is 4.73. The van der Waals surface area contributed by atoms with Gasteiger partial charge in [0.2, 0.25) is 5.91 Å². The molecule has 1 heterocycles. The monoisotopic (exact) mass is 374 g/mol. The number of amides is 1. The molecule has 1 aliphatic rings. The Morgan fingerprint density at radius 3 is 2.04 bits per heavy atom. The maximum absolute atomic E-state index is 12.6. The number of anilines is 3. The van der Waals surface area contributed by atoms with Crippen molar-refractivity contribution in [2.75, 3.05) is 16.8 Å². The lowest BCUT2D eigenvalue weighted by Crippen LogP contribution is -2.25. The van der Waals surface area contributed by atoms with E-state index in [4.69, 9.17) is 0 Å². The normalized spacial score (nSPS) is 12.3. The lowest BCUT2D eigenvalue weighted by molar-refractivity contribution is -0.116. The summed E-state index contributed by atoms with van der Waals surface area (Å²) in [5, 5.41) is 3.04. The molecule has 0 atom stereocenters. The van der Waals surface area contributed by atoms with Crippen LogP contribution in [0.25, 0.3) is 0 Å². The molecule has 0 saturated heterocycles. The first-order chi connectivity index (χ1) is 13.1. The van der Waals surface area contributed by atoms with Crippen LogP contribution in [-0.2, 0) is 4.79 Å². The Kier molecular flexibility index (Phi) is 4.90. The summed E-state index contributed by atoms with van der Waals surface area (Å²) in [4.78, 5) is 17.3. The van der Waals surface area contributed by atoms with Crippen LogP contribution in [-0.4, -0.2) is 12.5 Å². The minimum Gasteiger partial charge on any atom is -0.339 e. The van der Waals surface area contributed by atoms with Gasteiger partial charge in [0, 0.05) is 28.4 Å². The molecule has 0 saturated carbocycles. The van der Waals surface area contributed by atoms with Crippen molar-refractivity contribution in [2.24, 2.45) is 0 Å². The lowest BCUT2D eigenvalue weighted by Gasteiger charge is -2.32. The van der Waals surface area contributed by atoms with Crippen molar-refractivity contribution in [3.63, 3.8) is 0 Å². The number of carbonyl (C=O) groups is 1. The molecule has 0 bridgehead atoms. The van der Waals surface area contributed by atoms with Gasteiger partial charge in [0.25, 0.3) is 0 Å². The highest BCUT2D eigenvalue weighted by molar-refractivity contribution is 7.99. The van der Waals surface area contributed by atoms with Crippen LogP contribution in [0, 0.1) is 13.8 Å². The molecule has 136 valence electrons. The summed E-state index contributed by atoms with van der Waals surface area (Å²) in [6, 6.07) is 22.9. The number of aryl methyl sites for hydroxylation is 2. The zero-order valence-corrected chi connectivity index (χ0v) is 16.3. The molecule has 0 aliphatic carbocycles. The van der Waals surface area contributed by atoms with Gasteiger partial charge in [0.1, 0.15) is 0 Å². The lowest BCUT2D eigenvalue weighted by atomic mass is 10.1. The predicted molar refractivity (Wildman–Crippen MR) is 113 cm³/mol. The molecule has 0 aromatic heterocycles. The number of carbonyl (C=O) groups excluding carboxylic acids is 1. The van der Waals surface area contributed by atoms with Crippen LogP contribution in [0.5, 0.6) is 0 Å². The molecular weight excluding hydrogens is 352 g/mol. The van der Waals surface area contributed by atoms with Gasteiger partial charge >= 0.3 is 0 Å². The van der Waals surface area contributed by atoms with Gasteiger partial charge < -0.3 is 10.2 Å². The van der Waals surface area contributed by atoms with Gasteiger partial charge in [-0.3, -0.25) is 4.79 Å². The molecule has 3 nitrogen and oxygen atoms in total. The van der Waals surface area contributed by atoms with Crippen LogP contribution < -0.4 is 10.2 Å². The second-order valence-corrected chi connectivity index (χ2v) is 7.95. The first-order valence-corrected chi connectivity index (χ1v) is 9.93. The number of hydrogen-bond donors (Lipinski definition) is 1. The van der Waals surface area contributed by atoms with E-state index < -0.39 is 0 Å². The molecule has 0 fully saturated rings. The summed E-state index contributed by atoms with van der Waals surface area (Å²) in [5.74, 6) is 0.0354. The summed E-state index contributed by atoms with van der Waals surface area (Å²) >= 11 is 1.78. The summed E-state index contributed by atoms with van der Waals surface area (Å²) in [6.07, 6.45) is 0.431. The highest BCUT2D eigenvalue weighted by Crippen LogP contribution is 2.47. The van der Waals surface area contributed by atoms with Crippen molar-refractivity contribution >= 4 is 34.7 Å². The first-order valence-electron chi connectivity index (χ1n) is 9.12. The van der Waals surface area contributed by atoms with E-state index in [-0.39, 0.29) is 5.91 Å². The molecule has 1 N–H and O–H groups in total. The van der Waals surface area contributed by atoms with Crippen molar-refractivity contribution in [2.45, 2.75) is 30.1 Å². The topological polar surface area (TPSA) is 32.3 Å². The predicted octanol–water partition coefficient (Wildman–Crippen LogP) is 5.93. The van der Waals surface area contributed by atoms with Gasteiger partial charge in [-0.25, -0.2) is 0 Å². The van der Waals surface area contributed by atoms with Gasteiger partial charge in [-0.2, -0.15) is 0 Å². The summed E-state index contributed by atoms with van der Waals surface area (Å²) in [5.41, 5.74) is 5.51. The van der Waals surface area contributed by atoms with Gasteiger partial charge in [-0.1, -0.05) is 42.1 Å². The van der Waals surface area contributed by atoms with E-state index in [9.17, 15) is 4.79 Å². The van der Waals surface area contributed by atoms with E-state index in [2.05, 4.69) is 64.8 Å². The second-order valence-electron chi connectivity index (χ2n) is 6.86. The zero-order chi connectivity index (χ0) is 18.8. The smallest absolute Gasteiger partial charge is 0.226 e. The zero-order valence-electron chi connectivity index (χ0n) is 15.5. The maximum atomic E-state index is 12.6. The molecule has 0 unspecified atom stereocenters. The van der Waals surface area contributed by atoms with Gasteiger partial charge in [0.15, 0.2) is 0 Å². The number of nitrogens with one attached hydrogen (secondary N) is 1.